The molecule has 3 aromatic carbocycles. The van der Waals surface area contributed by atoms with Crippen LogP contribution in [0.1, 0.15) is 0 Å². The molecule has 0 aliphatic rings. The molecule has 128 valence electrons. The second-order valence-electron chi connectivity index (χ2n) is 5.63. The predicted octanol–water partition coefficient (Wildman–Crippen LogP) is 5.19. The first-order valence-electron chi connectivity index (χ1n) is 8.20. The summed E-state index contributed by atoms with van der Waals surface area (Å²) in [5.74, 6) is 0. The van der Waals surface area contributed by atoms with Crippen LogP contribution in [0.25, 0.3) is 28.0 Å². The second-order valence-corrected chi connectivity index (χ2v) is 5.63. The fraction of sp³-hybridized carbons (Fsp3) is 0. The van der Waals surface area contributed by atoms with E-state index in [1.165, 1.54) is 0 Å². The SMILES string of the molecule is [Fe+2].c1cc[cH-]c1.c1ccc(-c2cnn3c(-[c-]4cccc4)ccnc23)cc1. The van der Waals surface area contributed by atoms with Crippen molar-refractivity contribution in [1.29, 1.82) is 0 Å². The zero-order chi connectivity index (χ0) is 16.9. The Bertz CT molecular complexity index is 1010. The van der Waals surface area contributed by atoms with Gasteiger partial charge in [-0.3, -0.25) is 0 Å². The van der Waals surface area contributed by atoms with Crippen molar-refractivity contribution in [3.05, 3.63) is 103 Å². The van der Waals surface area contributed by atoms with Crippen molar-refractivity contribution in [2.24, 2.45) is 0 Å². The Hall–Kier alpha value is -2.94. The maximum atomic E-state index is 4.51. The number of rotatable bonds is 2. The molecule has 0 saturated heterocycles. The van der Waals surface area contributed by atoms with Crippen molar-refractivity contribution in [3.8, 4) is 22.4 Å². The molecular weight excluding hydrogens is 362 g/mol. The van der Waals surface area contributed by atoms with Crippen molar-refractivity contribution in [2.75, 3.05) is 0 Å². The molecule has 0 aliphatic carbocycles. The Kier molecular flexibility index (Phi) is 5.80. The van der Waals surface area contributed by atoms with Crippen molar-refractivity contribution >= 4 is 5.65 Å². The predicted molar refractivity (Wildman–Crippen MR) is 101 cm³/mol. The summed E-state index contributed by atoms with van der Waals surface area (Å²) < 4.78 is 1.90. The molecule has 5 aromatic rings. The van der Waals surface area contributed by atoms with Gasteiger partial charge in [-0.05, 0) is 17.5 Å². The van der Waals surface area contributed by atoms with Crippen molar-refractivity contribution in [3.63, 3.8) is 0 Å². The zero-order valence-corrected chi connectivity index (χ0v) is 15.1. The van der Waals surface area contributed by atoms with E-state index in [1.54, 1.807) is 0 Å². The van der Waals surface area contributed by atoms with E-state index in [-0.39, 0.29) is 17.1 Å². The Labute approximate surface area is 163 Å². The van der Waals surface area contributed by atoms with Gasteiger partial charge in [0.2, 0.25) is 0 Å². The monoisotopic (exact) mass is 379 g/mol. The van der Waals surface area contributed by atoms with Gasteiger partial charge in [0.25, 0.3) is 0 Å². The molecule has 0 saturated carbocycles. The topological polar surface area (TPSA) is 30.2 Å². The second kappa shape index (κ2) is 8.43. The molecule has 5 rings (SSSR count). The first-order chi connectivity index (χ1) is 12.4. The summed E-state index contributed by atoms with van der Waals surface area (Å²) in [6, 6.07) is 30.4. The maximum Gasteiger partial charge on any atom is 2.00 e. The van der Waals surface area contributed by atoms with Gasteiger partial charge in [0.05, 0.1) is 6.20 Å². The summed E-state index contributed by atoms with van der Waals surface area (Å²) in [5, 5.41) is 4.51. The van der Waals surface area contributed by atoms with Gasteiger partial charge >= 0.3 is 17.1 Å². The molecule has 0 atom stereocenters. The fourth-order valence-electron chi connectivity index (χ4n) is 2.80. The van der Waals surface area contributed by atoms with Crippen molar-refractivity contribution < 1.29 is 17.1 Å². The first-order valence-corrected chi connectivity index (χ1v) is 8.20. The Morgan fingerprint density at radius 3 is 2.23 bits per heavy atom. The van der Waals surface area contributed by atoms with Gasteiger partial charge in [-0.1, -0.05) is 42.0 Å². The van der Waals surface area contributed by atoms with Crippen LogP contribution in [-0.2, 0) is 17.1 Å². The van der Waals surface area contributed by atoms with Gasteiger partial charge in [0, 0.05) is 5.56 Å². The Morgan fingerprint density at radius 1 is 0.846 bits per heavy atom. The molecule has 0 fully saturated rings. The van der Waals surface area contributed by atoms with E-state index in [0.717, 1.165) is 28.0 Å². The van der Waals surface area contributed by atoms with Gasteiger partial charge in [0.1, 0.15) is 0 Å². The van der Waals surface area contributed by atoms with Crippen LogP contribution in [0.5, 0.6) is 0 Å². The van der Waals surface area contributed by atoms with Gasteiger partial charge < -0.3 is 0 Å². The molecule has 0 amide bonds. The molecule has 2 heterocycles. The van der Waals surface area contributed by atoms with Gasteiger partial charge in [-0.15, -0.1) is 12.1 Å². The molecule has 0 bridgehead atoms. The van der Waals surface area contributed by atoms with E-state index in [1.807, 2.05) is 83.6 Å². The van der Waals surface area contributed by atoms with Gasteiger partial charge in [-0.25, -0.2) is 21.6 Å². The quantitative estimate of drug-likeness (QED) is 0.312. The minimum atomic E-state index is 0. The number of aromatic nitrogens is 3. The Balaban J connectivity index is 0.000000285. The van der Waals surface area contributed by atoms with Crippen LogP contribution < -0.4 is 0 Å². The summed E-state index contributed by atoms with van der Waals surface area (Å²) in [5.41, 5.74) is 5.28. The first kappa shape index (κ1) is 17.9. The molecular formula is C22H17FeN3. The van der Waals surface area contributed by atoms with Crippen LogP contribution in [-0.4, -0.2) is 14.6 Å². The van der Waals surface area contributed by atoms with E-state index >= 15 is 0 Å². The molecule has 2 aromatic heterocycles. The minimum Gasteiger partial charge on any atom is -0.247 e. The summed E-state index contributed by atoms with van der Waals surface area (Å²) in [4.78, 5) is 4.49. The van der Waals surface area contributed by atoms with Crippen LogP contribution in [0.2, 0.25) is 0 Å². The third-order valence-electron chi connectivity index (χ3n) is 4.00. The van der Waals surface area contributed by atoms with Crippen molar-refractivity contribution in [1.82, 2.24) is 14.6 Å². The van der Waals surface area contributed by atoms with Crippen LogP contribution >= 0.6 is 0 Å². The van der Waals surface area contributed by atoms with E-state index < -0.39 is 0 Å². The van der Waals surface area contributed by atoms with E-state index in [0.29, 0.717) is 0 Å². The van der Waals surface area contributed by atoms with Crippen LogP contribution in [0.15, 0.2) is 103 Å². The molecule has 0 radical (unpaired) electrons. The average molecular weight is 379 g/mol. The average Bonchev–Trinajstić information content (AvgIpc) is 3.45. The minimum absolute atomic E-state index is 0. The largest absolute Gasteiger partial charge is 2.00 e. The third-order valence-corrected chi connectivity index (χ3v) is 4.00. The molecule has 0 N–H and O–H groups in total. The van der Waals surface area contributed by atoms with E-state index in [9.17, 15) is 0 Å². The summed E-state index contributed by atoms with van der Waals surface area (Å²) >= 11 is 0. The number of benzene rings is 1. The maximum absolute atomic E-state index is 4.51. The summed E-state index contributed by atoms with van der Waals surface area (Å²) in [6.45, 7) is 0. The van der Waals surface area contributed by atoms with Gasteiger partial charge in [0.15, 0.2) is 5.65 Å². The van der Waals surface area contributed by atoms with Crippen LogP contribution in [0.3, 0.4) is 0 Å². The van der Waals surface area contributed by atoms with E-state index in [2.05, 4.69) is 34.3 Å². The fourth-order valence-corrected chi connectivity index (χ4v) is 2.80. The molecule has 0 unspecified atom stereocenters. The number of nitrogens with zero attached hydrogens (tertiary/aromatic N) is 3. The summed E-state index contributed by atoms with van der Waals surface area (Å²) in [7, 11) is 0. The molecule has 3 nitrogen and oxygen atoms in total. The number of hydrogen-bond donors (Lipinski definition) is 0. The summed E-state index contributed by atoms with van der Waals surface area (Å²) in [6.07, 6.45) is 3.72. The normalized spacial score (nSPS) is 10.0. The Morgan fingerprint density at radius 2 is 1.58 bits per heavy atom. The third kappa shape index (κ3) is 3.67. The molecule has 26 heavy (non-hydrogen) atoms. The number of hydrogen-bond acceptors (Lipinski definition) is 2. The molecule has 0 aliphatic heterocycles. The van der Waals surface area contributed by atoms with Crippen LogP contribution in [0, 0.1) is 0 Å². The van der Waals surface area contributed by atoms with E-state index in [4.69, 9.17) is 0 Å². The molecule has 0 spiro atoms. The van der Waals surface area contributed by atoms with Gasteiger partial charge in [-0.2, -0.15) is 35.4 Å². The van der Waals surface area contributed by atoms with Crippen LogP contribution in [0.4, 0.5) is 0 Å². The number of fused-ring (bicyclic) bond motifs is 1. The zero-order valence-electron chi connectivity index (χ0n) is 14.0. The molecule has 4 heteroatoms. The standard InChI is InChI=1S/C17H12N3.C5H5.Fe/c1-2-6-13(7-3-1)15-12-19-20-16(10-11-18-17(15)20)14-8-4-5-9-14;1-2-4-5-3-1;/h1-12H;1-5H;/q2*-1;+2. The van der Waals surface area contributed by atoms with Crippen molar-refractivity contribution in [2.45, 2.75) is 0 Å². The smallest absolute Gasteiger partial charge is 0.247 e.